The van der Waals surface area contributed by atoms with Gasteiger partial charge < -0.3 is 5.32 Å². The molecule has 0 aliphatic carbocycles. The lowest BCUT2D eigenvalue weighted by Gasteiger charge is -2.09. The van der Waals surface area contributed by atoms with Gasteiger partial charge in [-0.15, -0.1) is 0 Å². The number of nitrogens with zero attached hydrogens (tertiary/aromatic N) is 1. The third-order valence-electron chi connectivity index (χ3n) is 2.52. The molecule has 0 saturated heterocycles. The minimum atomic E-state index is -4.03. The summed E-state index contributed by atoms with van der Waals surface area (Å²) in [5.41, 5.74) is -0.868. The molecule has 0 aromatic heterocycles. The van der Waals surface area contributed by atoms with Crippen LogP contribution in [0.3, 0.4) is 0 Å². The van der Waals surface area contributed by atoms with E-state index in [4.69, 9.17) is 0 Å². The second-order valence-electron chi connectivity index (χ2n) is 4.21. The zero-order chi connectivity index (χ0) is 16.2. The number of nitro benzene ring substituents is 1. The molecule has 0 aliphatic rings. The van der Waals surface area contributed by atoms with E-state index in [-0.39, 0.29) is 29.5 Å². The van der Waals surface area contributed by atoms with Crippen molar-refractivity contribution in [2.75, 3.05) is 13.1 Å². The quantitative estimate of drug-likeness (QED) is 0.448. The Hall–Kier alpha value is -2.07. The predicted molar refractivity (Wildman–Crippen MR) is 71.7 cm³/mol. The van der Waals surface area contributed by atoms with Gasteiger partial charge >= 0.3 is 5.69 Å². The Morgan fingerprint density at radius 1 is 1.38 bits per heavy atom. The smallest absolute Gasteiger partial charge is 0.306 e. The summed E-state index contributed by atoms with van der Waals surface area (Å²) in [6.45, 7) is 2.58. The van der Waals surface area contributed by atoms with Crippen molar-refractivity contribution in [2.24, 2.45) is 0 Å². The van der Waals surface area contributed by atoms with Crippen LogP contribution in [0.1, 0.15) is 12.5 Å². The van der Waals surface area contributed by atoms with Crippen LogP contribution in [0.5, 0.6) is 0 Å². The summed E-state index contributed by atoms with van der Waals surface area (Å²) in [6, 6.07) is 1.46. The molecule has 116 valence electrons. The van der Waals surface area contributed by atoms with Gasteiger partial charge in [-0.3, -0.25) is 14.9 Å². The average molecular weight is 319 g/mol. The molecule has 8 nitrogen and oxygen atoms in total. The van der Waals surface area contributed by atoms with Gasteiger partial charge in [-0.05, 0) is 18.6 Å². The van der Waals surface area contributed by atoms with E-state index in [1.807, 2.05) is 0 Å². The summed E-state index contributed by atoms with van der Waals surface area (Å²) in [4.78, 5) is 19.9. The lowest BCUT2D eigenvalue weighted by Crippen LogP contribution is -2.34. The van der Waals surface area contributed by atoms with E-state index in [1.165, 1.54) is 13.8 Å². The number of amides is 1. The second kappa shape index (κ2) is 6.59. The first-order chi connectivity index (χ1) is 9.65. The molecule has 0 unspecified atom stereocenters. The summed E-state index contributed by atoms with van der Waals surface area (Å²) in [5, 5.41) is 13.0. The molecule has 21 heavy (non-hydrogen) atoms. The Labute approximate surface area is 120 Å². The molecule has 0 spiro atoms. The molecule has 0 heterocycles. The third-order valence-corrected chi connectivity index (χ3v) is 4.12. The number of carbonyl (C=O) groups excluding carboxylic acids is 1. The topological polar surface area (TPSA) is 118 Å². The van der Waals surface area contributed by atoms with Gasteiger partial charge in [0.2, 0.25) is 21.7 Å². The molecule has 0 saturated carbocycles. The molecule has 2 N–H and O–H groups in total. The molecular formula is C11H14FN3O5S. The first-order valence-electron chi connectivity index (χ1n) is 5.84. The highest BCUT2D eigenvalue weighted by molar-refractivity contribution is 7.89. The highest BCUT2D eigenvalue weighted by Gasteiger charge is 2.23. The summed E-state index contributed by atoms with van der Waals surface area (Å²) < 4.78 is 39.6. The number of hydrogen-bond acceptors (Lipinski definition) is 5. The standard InChI is InChI=1S/C11H14FN3O5S/c1-7-5-9(12)10(15(17)18)6-11(7)21(19,20)14-4-3-13-8(2)16/h5-6,14H,3-4H2,1-2H3,(H,13,16). The highest BCUT2D eigenvalue weighted by atomic mass is 32.2. The maximum absolute atomic E-state index is 13.4. The number of hydrogen-bond donors (Lipinski definition) is 2. The normalized spacial score (nSPS) is 11.2. The number of aryl methyl sites for hydroxylation is 1. The number of halogens is 1. The molecule has 1 rings (SSSR count). The van der Waals surface area contributed by atoms with Crippen molar-refractivity contribution in [1.29, 1.82) is 0 Å². The number of sulfonamides is 1. The van der Waals surface area contributed by atoms with E-state index in [1.54, 1.807) is 0 Å². The van der Waals surface area contributed by atoms with E-state index in [0.717, 1.165) is 6.07 Å². The van der Waals surface area contributed by atoms with Crippen LogP contribution in [-0.2, 0) is 14.8 Å². The van der Waals surface area contributed by atoms with Crippen LogP contribution in [0.15, 0.2) is 17.0 Å². The van der Waals surface area contributed by atoms with Crippen LogP contribution in [0.2, 0.25) is 0 Å². The Morgan fingerprint density at radius 3 is 2.52 bits per heavy atom. The highest BCUT2D eigenvalue weighted by Crippen LogP contribution is 2.25. The van der Waals surface area contributed by atoms with Gasteiger partial charge in [-0.2, -0.15) is 4.39 Å². The van der Waals surface area contributed by atoms with Gasteiger partial charge in [0, 0.05) is 26.1 Å². The monoisotopic (exact) mass is 319 g/mol. The van der Waals surface area contributed by atoms with Crippen LogP contribution in [0.25, 0.3) is 0 Å². The lowest BCUT2D eigenvalue weighted by molar-refractivity contribution is -0.387. The third kappa shape index (κ3) is 4.46. The number of nitrogens with one attached hydrogen (secondary N) is 2. The minimum absolute atomic E-state index is 0.0464. The van der Waals surface area contributed by atoms with Crippen LogP contribution < -0.4 is 10.0 Å². The Kier molecular flexibility index (Phi) is 5.33. The van der Waals surface area contributed by atoms with Crippen LogP contribution in [-0.4, -0.2) is 32.3 Å². The molecule has 0 fully saturated rings. The molecule has 1 amide bonds. The Bertz CT molecular complexity index is 675. The van der Waals surface area contributed by atoms with E-state index >= 15 is 0 Å². The van der Waals surface area contributed by atoms with Crippen molar-refractivity contribution in [2.45, 2.75) is 18.7 Å². The SMILES string of the molecule is CC(=O)NCCNS(=O)(=O)c1cc([N+](=O)[O-])c(F)cc1C. The largest absolute Gasteiger partial charge is 0.355 e. The van der Waals surface area contributed by atoms with Crippen LogP contribution >= 0.6 is 0 Å². The van der Waals surface area contributed by atoms with Crippen molar-refractivity contribution in [3.8, 4) is 0 Å². The summed E-state index contributed by atoms with van der Waals surface area (Å²) in [7, 11) is -4.03. The molecule has 0 bridgehead atoms. The van der Waals surface area contributed by atoms with Crippen molar-refractivity contribution in [1.82, 2.24) is 10.0 Å². The molecular weight excluding hydrogens is 305 g/mol. The number of carbonyl (C=O) groups is 1. The fraction of sp³-hybridized carbons (Fsp3) is 0.364. The van der Waals surface area contributed by atoms with Gasteiger partial charge in [0.05, 0.1) is 9.82 Å². The summed E-state index contributed by atoms with van der Waals surface area (Å²) >= 11 is 0. The van der Waals surface area contributed by atoms with Gasteiger partial charge in [0.1, 0.15) is 0 Å². The molecule has 1 aromatic rings. The zero-order valence-corrected chi connectivity index (χ0v) is 12.2. The lowest BCUT2D eigenvalue weighted by atomic mass is 10.2. The van der Waals surface area contributed by atoms with Gasteiger partial charge in [-0.1, -0.05) is 0 Å². The predicted octanol–water partition coefficient (Wildman–Crippen LogP) is 0.457. The summed E-state index contributed by atoms with van der Waals surface area (Å²) in [6.07, 6.45) is 0. The van der Waals surface area contributed by atoms with E-state index in [0.29, 0.717) is 6.07 Å². The molecule has 10 heteroatoms. The second-order valence-corrected chi connectivity index (χ2v) is 5.94. The molecule has 0 atom stereocenters. The van der Waals surface area contributed by atoms with E-state index in [9.17, 15) is 27.7 Å². The number of nitro groups is 1. The first-order valence-corrected chi connectivity index (χ1v) is 7.32. The molecule has 0 radical (unpaired) electrons. The van der Waals surface area contributed by atoms with E-state index in [2.05, 4.69) is 10.0 Å². The number of benzene rings is 1. The van der Waals surface area contributed by atoms with Gasteiger partial charge in [0.25, 0.3) is 0 Å². The van der Waals surface area contributed by atoms with Crippen LogP contribution in [0, 0.1) is 22.9 Å². The Morgan fingerprint density at radius 2 is 2.00 bits per heavy atom. The molecule has 0 aliphatic heterocycles. The van der Waals surface area contributed by atoms with Crippen molar-refractivity contribution in [3.63, 3.8) is 0 Å². The first kappa shape index (κ1) is 17.0. The van der Waals surface area contributed by atoms with Crippen LogP contribution in [0.4, 0.5) is 10.1 Å². The van der Waals surface area contributed by atoms with Crippen molar-refractivity contribution in [3.05, 3.63) is 33.6 Å². The molecule has 1 aromatic carbocycles. The summed E-state index contributed by atoms with van der Waals surface area (Å²) in [5.74, 6) is -1.42. The zero-order valence-electron chi connectivity index (χ0n) is 11.3. The fourth-order valence-electron chi connectivity index (χ4n) is 1.57. The van der Waals surface area contributed by atoms with Gasteiger partial charge in [-0.25, -0.2) is 13.1 Å². The minimum Gasteiger partial charge on any atom is -0.355 e. The maximum Gasteiger partial charge on any atom is 0.306 e. The maximum atomic E-state index is 13.4. The van der Waals surface area contributed by atoms with Crippen molar-refractivity contribution < 1.29 is 22.5 Å². The number of rotatable bonds is 6. The van der Waals surface area contributed by atoms with E-state index < -0.39 is 26.5 Å². The average Bonchev–Trinajstić information content (AvgIpc) is 2.33. The Balaban J connectivity index is 3.00. The van der Waals surface area contributed by atoms with Gasteiger partial charge in [0.15, 0.2) is 0 Å². The van der Waals surface area contributed by atoms with Crippen molar-refractivity contribution >= 4 is 21.6 Å². The fourth-order valence-corrected chi connectivity index (χ4v) is 2.85.